The molecule has 2 nitrogen and oxygen atoms in total. The van der Waals surface area contributed by atoms with Gasteiger partial charge in [-0.3, -0.25) is 0 Å². The predicted octanol–water partition coefficient (Wildman–Crippen LogP) is 2.71. The van der Waals surface area contributed by atoms with Crippen LogP contribution in [0.5, 0.6) is 5.75 Å². The van der Waals surface area contributed by atoms with Crippen LogP contribution in [0.2, 0.25) is 0 Å². The number of benzene rings is 1. The Hall–Kier alpha value is -1.16. The van der Waals surface area contributed by atoms with Gasteiger partial charge in [0.15, 0.2) is 0 Å². The van der Waals surface area contributed by atoms with E-state index in [0.717, 1.165) is 24.9 Å². The third kappa shape index (κ3) is 2.45. The van der Waals surface area contributed by atoms with Crippen molar-refractivity contribution in [2.24, 2.45) is 0 Å². The summed E-state index contributed by atoms with van der Waals surface area (Å²) in [5.41, 5.74) is 0.829. The molecule has 0 aromatic heterocycles. The molecule has 1 aromatic rings. The van der Waals surface area contributed by atoms with E-state index >= 15 is 0 Å². The summed E-state index contributed by atoms with van der Waals surface area (Å²) in [5.74, 6) is 0.284. The number of alkyl halides is 2. The Balaban J connectivity index is 2.20. The third-order valence-corrected chi connectivity index (χ3v) is 2.57. The molecule has 0 aliphatic carbocycles. The second-order valence-electron chi connectivity index (χ2n) is 3.57. The number of rotatable bonds is 3. The molecule has 15 heavy (non-hydrogen) atoms. The lowest BCUT2D eigenvalue weighted by molar-refractivity contribution is -0.0506. The Labute approximate surface area is 87.2 Å². The van der Waals surface area contributed by atoms with E-state index in [0.29, 0.717) is 0 Å². The van der Waals surface area contributed by atoms with Gasteiger partial charge in [-0.05, 0) is 25.5 Å². The van der Waals surface area contributed by atoms with Crippen LogP contribution < -0.4 is 10.1 Å². The number of hydrogen-bond donors (Lipinski definition) is 1. The van der Waals surface area contributed by atoms with Crippen molar-refractivity contribution in [1.29, 1.82) is 0 Å². The van der Waals surface area contributed by atoms with Crippen LogP contribution >= 0.6 is 0 Å². The minimum atomic E-state index is -2.76. The molecule has 1 heterocycles. The number of hydrogen-bond acceptors (Lipinski definition) is 2. The van der Waals surface area contributed by atoms with Crippen LogP contribution in [-0.2, 0) is 0 Å². The van der Waals surface area contributed by atoms with Crippen LogP contribution in [0.4, 0.5) is 8.78 Å². The molecule has 1 saturated heterocycles. The zero-order chi connectivity index (χ0) is 10.7. The lowest BCUT2D eigenvalue weighted by Gasteiger charge is -2.15. The van der Waals surface area contributed by atoms with Gasteiger partial charge in [0.2, 0.25) is 0 Å². The van der Waals surface area contributed by atoms with Gasteiger partial charge in [0.05, 0.1) is 0 Å². The standard InChI is InChI=1S/C11H13F2NO/c12-11(13)15-10-6-2-1-4-8(10)9-5-3-7-14-9/h1-2,4,6,9,11,14H,3,5,7H2/t9-/m0/s1. The Morgan fingerprint density at radius 2 is 2.13 bits per heavy atom. The second-order valence-corrected chi connectivity index (χ2v) is 3.57. The van der Waals surface area contributed by atoms with Crippen molar-refractivity contribution in [3.63, 3.8) is 0 Å². The summed E-state index contributed by atoms with van der Waals surface area (Å²) in [7, 11) is 0. The molecule has 1 aliphatic heterocycles. The van der Waals surface area contributed by atoms with Gasteiger partial charge in [-0.15, -0.1) is 0 Å². The van der Waals surface area contributed by atoms with Crippen molar-refractivity contribution in [3.8, 4) is 5.75 Å². The van der Waals surface area contributed by atoms with Crippen LogP contribution in [0.1, 0.15) is 24.4 Å². The van der Waals surface area contributed by atoms with Crippen molar-refractivity contribution >= 4 is 0 Å². The number of nitrogens with one attached hydrogen (secondary N) is 1. The number of para-hydroxylation sites is 1. The maximum absolute atomic E-state index is 12.1. The van der Waals surface area contributed by atoms with Gasteiger partial charge in [-0.2, -0.15) is 8.78 Å². The normalized spacial score (nSPS) is 20.9. The van der Waals surface area contributed by atoms with Crippen LogP contribution in [0, 0.1) is 0 Å². The van der Waals surface area contributed by atoms with Crippen molar-refractivity contribution in [2.75, 3.05) is 6.54 Å². The lowest BCUT2D eigenvalue weighted by atomic mass is 10.0. The van der Waals surface area contributed by atoms with E-state index < -0.39 is 6.61 Å². The molecule has 1 aromatic carbocycles. The van der Waals surface area contributed by atoms with Gasteiger partial charge in [0.1, 0.15) is 5.75 Å². The average molecular weight is 213 g/mol. The summed E-state index contributed by atoms with van der Waals surface area (Å²) in [4.78, 5) is 0. The van der Waals surface area contributed by atoms with Crippen LogP contribution in [0.3, 0.4) is 0 Å². The first-order valence-corrected chi connectivity index (χ1v) is 5.04. The van der Waals surface area contributed by atoms with E-state index in [9.17, 15) is 8.78 Å². The van der Waals surface area contributed by atoms with E-state index in [-0.39, 0.29) is 11.8 Å². The molecule has 1 N–H and O–H groups in total. The van der Waals surface area contributed by atoms with E-state index in [4.69, 9.17) is 0 Å². The quantitative estimate of drug-likeness (QED) is 0.833. The maximum Gasteiger partial charge on any atom is 0.387 e. The van der Waals surface area contributed by atoms with Crippen LogP contribution in [-0.4, -0.2) is 13.2 Å². The highest BCUT2D eigenvalue weighted by atomic mass is 19.3. The average Bonchev–Trinajstić information content (AvgIpc) is 2.70. The summed E-state index contributed by atoms with van der Waals surface area (Å²) >= 11 is 0. The molecule has 1 atom stereocenters. The first-order valence-electron chi connectivity index (χ1n) is 5.04. The summed E-state index contributed by atoms with van der Waals surface area (Å²) in [6.45, 7) is -1.82. The van der Waals surface area contributed by atoms with Gasteiger partial charge in [0, 0.05) is 11.6 Å². The first kappa shape index (κ1) is 10.4. The topological polar surface area (TPSA) is 21.3 Å². The van der Waals surface area contributed by atoms with Crippen molar-refractivity contribution in [2.45, 2.75) is 25.5 Å². The SMILES string of the molecule is FC(F)Oc1ccccc1[C@@H]1CCCN1. The molecule has 1 fully saturated rings. The molecule has 0 radical (unpaired) electrons. The molecule has 0 spiro atoms. The van der Waals surface area contributed by atoms with E-state index in [1.165, 1.54) is 0 Å². The fourth-order valence-electron chi connectivity index (χ4n) is 1.92. The summed E-state index contributed by atoms with van der Waals surface area (Å²) in [5, 5.41) is 3.26. The highest BCUT2D eigenvalue weighted by molar-refractivity contribution is 5.36. The van der Waals surface area contributed by atoms with Gasteiger partial charge in [-0.1, -0.05) is 18.2 Å². The summed E-state index contributed by atoms with van der Waals surface area (Å²) < 4.78 is 28.8. The molecule has 0 saturated carbocycles. The number of halogens is 2. The second kappa shape index (κ2) is 4.57. The van der Waals surface area contributed by atoms with Crippen molar-refractivity contribution in [1.82, 2.24) is 5.32 Å². The Morgan fingerprint density at radius 3 is 2.80 bits per heavy atom. The molecular weight excluding hydrogens is 200 g/mol. The van der Waals surface area contributed by atoms with Crippen molar-refractivity contribution < 1.29 is 13.5 Å². The van der Waals surface area contributed by atoms with Gasteiger partial charge >= 0.3 is 6.61 Å². The van der Waals surface area contributed by atoms with E-state index in [1.54, 1.807) is 12.1 Å². The highest BCUT2D eigenvalue weighted by Gasteiger charge is 2.20. The largest absolute Gasteiger partial charge is 0.434 e. The number of ether oxygens (including phenoxy) is 1. The predicted molar refractivity (Wildman–Crippen MR) is 53.1 cm³/mol. The first-order chi connectivity index (χ1) is 7.27. The van der Waals surface area contributed by atoms with Gasteiger partial charge in [-0.25, -0.2) is 0 Å². The van der Waals surface area contributed by atoms with Gasteiger partial charge < -0.3 is 10.1 Å². The van der Waals surface area contributed by atoms with Gasteiger partial charge in [0.25, 0.3) is 0 Å². The highest BCUT2D eigenvalue weighted by Crippen LogP contribution is 2.31. The fraction of sp³-hybridized carbons (Fsp3) is 0.455. The lowest BCUT2D eigenvalue weighted by Crippen LogP contribution is -2.15. The summed E-state index contributed by atoms with van der Waals surface area (Å²) in [6.07, 6.45) is 2.05. The molecular formula is C11H13F2NO. The third-order valence-electron chi connectivity index (χ3n) is 2.57. The molecule has 2 rings (SSSR count). The van der Waals surface area contributed by atoms with Crippen LogP contribution in [0.15, 0.2) is 24.3 Å². The molecule has 0 bridgehead atoms. The van der Waals surface area contributed by atoms with E-state index in [2.05, 4.69) is 10.1 Å². The Morgan fingerprint density at radius 1 is 1.33 bits per heavy atom. The fourth-order valence-corrected chi connectivity index (χ4v) is 1.92. The minimum absolute atomic E-state index is 0.153. The Bertz CT molecular complexity index is 324. The molecule has 0 unspecified atom stereocenters. The zero-order valence-electron chi connectivity index (χ0n) is 8.25. The smallest absolute Gasteiger partial charge is 0.387 e. The summed E-state index contributed by atoms with van der Waals surface area (Å²) in [6, 6.07) is 7.12. The van der Waals surface area contributed by atoms with E-state index in [1.807, 2.05) is 12.1 Å². The molecule has 4 heteroatoms. The van der Waals surface area contributed by atoms with Crippen molar-refractivity contribution in [3.05, 3.63) is 29.8 Å². The molecule has 82 valence electrons. The zero-order valence-corrected chi connectivity index (χ0v) is 8.25. The molecule has 0 amide bonds. The molecule has 1 aliphatic rings. The minimum Gasteiger partial charge on any atom is -0.434 e. The maximum atomic E-state index is 12.1. The monoisotopic (exact) mass is 213 g/mol. The van der Waals surface area contributed by atoms with Crippen LogP contribution in [0.25, 0.3) is 0 Å². The Kier molecular flexibility index (Phi) is 3.16.